The number of hydrogen-bond acceptors (Lipinski definition) is 10. The molecule has 2 rings (SSSR count). The summed E-state index contributed by atoms with van der Waals surface area (Å²) in [5.41, 5.74) is 1.28. The highest BCUT2D eigenvalue weighted by atomic mass is 32.1. The van der Waals surface area contributed by atoms with E-state index >= 15 is 0 Å². The Bertz CT molecular complexity index is 916. The summed E-state index contributed by atoms with van der Waals surface area (Å²) in [5.74, 6) is 0.876. The first-order chi connectivity index (χ1) is 16.4. The molecule has 0 saturated carbocycles. The molecule has 0 aromatic carbocycles. The Hall–Kier alpha value is -2.22. The zero-order valence-electron chi connectivity index (χ0n) is 19.4. The summed E-state index contributed by atoms with van der Waals surface area (Å²) in [6, 6.07) is 6.89. The van der Waals surface area contributed by atoms with Crippen LogP contribution in [0.5, 0.6) is 11.5 Å². The summed E-state index contributed by atoms with van der Waals surface area (Å²) < 4.78 is 35.1. The standard InChI is InChI=1S/C22H32N2O8S2/c1-17-3-5-19(21(33)23(17)25)31-15-13-29-11-9-27-7-8-28-10-12-30-14-16-32-20-6-4-18(2)24(26)22(20)34/h3-6,25-26H,7-16H2,1-2H3. The molecule has 0 fully saturated rings. The molecule has 34 heavy (non-hydrogen) atoms. The van der Waals surface area contributed by atoms with E-state index in [1.54, 1.807) is 38.1 Å². The lowest BCUT2D eigenvalue weighted by Gasteiger charge is -2.10. The second-order valence-corrected chi connectivity index (χ2v) is 7.83. The average Bonchev–Trinajstić information content (AvgIpc) is 2.83. The molecule has 2 N–H and O–H groups in total. The summed E-state index contributed by atoms with van der Waals surface area (Å²) in [6.45, 7) is 7.58. The first-order valence-corrected chi connectivity index (χ1v) is 11.6. The fourth-order valence-corrected chi connectivity index (χ4v) is 3.15. The van der Waals surface area contributed by atoms with E-state index in [1.807, 2.05) is 0 Å². The predicted molar refractivity (Wildman–Crippen MR) is 129 cm³/mol. The first-order valence-electron chi connectivity index (χ1n) is 10.8. The van der Waals surface area contributed by atoms with Crippen molar-refractivity contribution in [2.45, 2.75) is 13.8 Å². The van der Waals surface area contributed by atoms with Crippen molar-refractivity contribution in [3.8, 4) is 11.5 Å². The Kier molecular flexibility index (Phi) is 12.9. The monoisotopic (exact) mass is 516 g/mol. The van der Waals surface area contributed by atoms with Crippen LogP contribution in [0.1, 0.15) is 11.4 Å². The van der Waals surface area contributed by atoms with Gasteiger partial charge in [-0.2, -0.15) is 9.46 Å². The van der Waals surface area contributed by atoms with Gasteiger partial charge in [0.1, 0.15) is 13.2 Å². The van der Waals surface area contributed by atoms with Gasteiger partial charge in [0.05, 0.1) is 64.2 Å². The maximum atomic E-state index is 9.73. The smallest absolute Gasteiger partial charge is 0.184 e. The number of aryl methyl sites for hydroxylation is 2. The Labute approximate surface area is 209 Å². The second-order valence-electron chi connectivity index (χ2n) is 7.06. The van der Waals surface area contributed by atoms with Crippen LogP contribution in [0.3, 0.4) is 0 Å². The van der Waals surface area contributed by atoms with Crippen LogP contribution in [-0.2, 0) is 18.9 Å². The van der Waals surface area contributed by atoms with Gasteiger partial charge in [-0.25, -0.2) is 0 Å². The van der Waals surface area contributed by atoms with Gasteiger partial charge in [0.15, 0.2) is 20.8 Å². The van der Waals surface area contributed by atoms with Crippen molar-refractivity contribution < 1.29 is 38.8 Å². The van der Waals surface area contributed by atoms with E-state index in [0.717, 1.165) is 9.46 Å². The summed E-state index contributed by atoms with van der Waals surface area (Å²) in [6.07, 6.45) is 0. The van der Waals surface area contributed by atoms with Crippen LogP contribution in [0.2, 0.25) is 0 Å². The SMILES string of the molecule is Cc1ccc(OCCOCCOCCOCCOCCOc2ccc(C)n(O)c2=S)c(=S)n1O. The highest BCUT2D eigenvalue weighted by molar-refractivity contribution is 7.71. The molecule has 10 nitrogen and oxygen atoms in total. The molecule has 0 radical (unpaired) electrons. The fourth-order valence-electron chi connectivity index (χ4n) is 2.61. The van der Waals surface area contributed by atoms with Gasteiger partial charge >= 0.3 is 0 Å². The molecule has 0 bridgehead atoms. The van der Waals surface area contributed by atoms with Crippen molar-refractivity contribution in [2.24, 2.45) is 0 Å². The topological polar surface area (TPSA) is 106 Å². The molecule has 12 heteroatoms. The molecule has 0 aliphatic carbocycles. The van der Waals surface area contributed by atoms with E-state index in [0.29, 0.717) is 89.0 Å². The third kappa shape index (κ3) is 9.57. The zero-order chi connectivity index (χ0) is 24.8. The minimum atomic E-state index is 0.232. The normalized spacial score (nSPS) is 11.0. The van der Waals surface area contributed by atoms with Gasteiger partial charge in [0, 0.05) is 0 Å². The predicted octanol–water partition coefficient (Wildman–Crippen LogP) is 3.36. The highest BCUT2D eigenvalue weighted by Crippen LogP contribution is 2.15. The minimum absolute atomic E-state index is 0.232. The molecular weight excluding hydrogens is 484 g/mol. The van der Waals surface area contributed by atoms with Crippen molar-refractivity contribution in [1.29, 1.82) is 0 Å². The van der Waals surface area contributed by atoms with Crippen LogP contribution in [0.15, 0.2) is 24.3 Å². The largest absolute Gasteiger partial charge is 0.488 e. The highest BCUT2D eigenvalue weighted by Gasteiger charge is 2.04. The lowest BCUT2D eigenvalue weighted by molar-refractivity contribution is -0.00713. The van der Waals surface area contributed by atoms with Crippen LogP contribution < -0.4 is 9.47 Å². The van der Waals surface area contributed by atoms with E-state index in [-0.39, 0.29) is 9.28 Å². The Morgan fingerprint density at radius 3 is 1.18 bits per heavy atom. The first kappa shape index (κ1) is 28.0. The molecule has 0 amide bonds. The number of ether oxygens (including phenoxy) is 6. The van der Waals surface area contributed by atoms with Gasteiger partial charge in [-0.3, -0.25) is 0 Å². The minimum Gasteiger partial charge on any atom is -0.488 e. The van der Waals surface area contributed by atoms with Gasteiger partial charge < -0.3 is 38.8 Å². The maximum absolute atomic E-state index is 9.73. The molecule has 0 aliphatic heterocycles. The van der Waals surface area contributed by atoms with E-state index < -0.39 is 0 Å². The van der Waals surface area contributed by atoms with E-state index in [1.165, 1.54) is 0 Å². The van der Waals surface area contributed by atoms with Crippen molar-refractivity contribution >= 4 is 24.4 Å². The maximum Gasteiger partial charge on any atom is 0.184 e. The van der Waals surface area contributed by atoms with E-state index in [2.05, 4.69) is 0 Å². The van der Waals surface area contributed by atoms with Crippen LogP contribution in [0, 0.1) is 23.1 Å². The Morgan fingerprint density at radius 1 is 0.559 bits per heavy atom. The molecule has 0 atom stereocenters. The van der Waals surface area contributed by atoms with Crippen LogP contribution in [-0.4, -0.2) is 85.9 Å². The van der Waals surface area contributed by atoms with E-state index in [9.17, 15) is 10.4 Å². The van der Waals surface area contributed by atoms with Crippen molar-refractivity contribution in [2.75, 3.05) is 66.1 Å². The van der Waals surface area contributed by atoms with Crippen molar-refractivity contribution in [1.82, 2.24) is 9.46 Å². The van der Waals surface area contributed by atoms with Gasteiger partial charge in [0.2, 0.25) is 0 Å². The molecule has 0 saturated heterocycles. The number of pyridine rings is 2. The van der Waals surface area contributed by atoms with Crippen LogP contribution in [0.4, 0.5) is 0 Å². The molecule has 0 aliphatic rings. The molecule has 0 spiro atoms. The quantitative estimate of drug-likeness (QED) is 0.185. The summed E-state index contributed by atoms with van der Waals surface area (Å²) in [7, 11) is 0. The number of hydrogen-bond donors (Lipinski definition) is 2. The lowest BCUT2D eigenvalue weighted by atomic mass is 10.4. The summed E-state index contributed by atoms with van der Waals surface area (Å²) >= 11 is 10.2. The molecule has 190 valence electrons. The zero-order valence-corrected chi connectivity index (χ0v) is 21.1. The Morgan fingerprint density at radius 2 is 0.853 bits per heavy atom. The van der Waals surface area contributed by atoms with Gasteiger partial charge in [-0.1, -0.05) is 24.4 Å². The fraction of sp³-hybridized carbons (Fsp3) is 0.545. The molecule has 2 aromatic rings. The third-order valence-corrected chi connectivity index (χ3v) is 5.26. The summed E-state index contributed by atoms with van der Waals surface area (Å²) in [5, 5.41) is 19.5. The number of aromatic nitrogens is 2. The van der Waals surface area contributed by atoms with Gasteiger partial charge in [0.25, 0.3) is 0 Å². The second kappa shape index (κ2) is 15.6. The molecular formula is C22H32N2O8S2. The number of nitrogens with zero attached hydrogens (tertiary/aromatic N) is 2. The Balaban J connectivity index is 1.36. The number of rotatable bonds is 17. The van der Waals surface area contributed by atoms with Crippen LogP contribution in [0.25, 0.3) is 0 Å². The van der Waals surface area contributed by atoms with Crippen LogP contribution >= 0.6 is 24.4 Å². The molecule has 2 heterocycles. The third-order valence-electron chi connectivity index (χ3n) is 4.51. The molecule has 2 aromatic heterocycles. The van der Waals surface area contributed by atoms with Crippen molar-refractivity contribution in [3.63, 3.8) is 0 Å². The summed E-state index contributed by atoms with van der Waals surface area (Å²) in [4.78, 5) is 0. The van der Waals surface area contributed by atoms with E-state index in [4.69, 9.17) is 52.9 Å². The van der Waals surface area contributed by atoms with Gasteiger partial charge in [-0.15, -0.1) is 0 Å². The molecule has 0 unspecified atom stereocenters. The average molecular weight is 517 g/mol. The van der Waals surface area contributed by atoms with Crippen molar-refractivity contribution in [3.05, 3.63) is 44.9 Å². The van der Waals surface area contributed by atoms with Gasteiger partial charge in [-0.05, 0) is 38.1 Å². The lowest BCUT2D eigenvalue weighted by Crippen LogP contribution is -2.15.